The first-order valence-electron chi connectivity index (χ1n) is 10.4. The highest BCUT2D eigenvalue weighted by Crippen LogP contribution is 2.29. The van der Waals surface area contributed by atoms with Gasteiger partial charge in [0.2, 0.25) is 5.91 Å². The van der Waals surface area contributed by atoms with Gasteiger partial charge in [-0.2, -0.15) is 0 Å². The van der Waals surface area contributed by atoms with E-state index in [-0.39, 0.29) is 29.5 Å². The monoisotopic (exact) mass is 452 g/mol. The van der Waals surface area contributed by atoms with Crippen LogP contribution in [0.1, 0.15) is 24.8 Å². The van der Waals surface area contributed by atoms with Gasteiger partial charge in [0.15, 0.2) is 11.0 Å². The smallest absolute Gasteiger partial charge is 0.294 e. The molecule has 0 bridgehead atoms. The zero-order chi connectivity index (χ0) is 22.7. The molecule has 0 aliphatic heterocycles. The van der Waals surface area contributed by atoms with E-state index in [1.54, 1.807) is 36.4 Å². The predicted octanol–water partition coefficient (Wildman–Crippen LogP) is 3.01. The second kappa shape index (κ2) is 9.32. The summed E-state index contributed by atoms with van der Waals surface area (Å²) in [5.74, 6) is -0.176. The van der Waals surface area contributed by atoms with Crippen LogP contribution >= 0.6 is 11.6 Å². The second-order valence-electron chi connectivity index (χ2n) is 7.91. The normalized spacial score (nSPS) is 13.4. The van der Waals surface area contributed by atoms with Crippen molar-refractivity contribution in [2.75, 3.05) is 16.8 Å². The summed E-state index contributed by atoms with van der Waals surface area (Å²) in [7, 11) is 0. The molecule has 1 amide bonds. The molecule has 3 aromatic rings. The summed E-state index contributed by atoms with van der Waals surface area (Å²) >= 11 is 6.51. The van der Waals surface area contributed by atoms with E-state index in [0.29, 0.717) is 29.2 Å². The molecule has 6 N–H and O–H groups in total. The molecule has 0 atom stereocenters. The van der Waals surface area contributed by atoms with Gasteiger partial charge in [0.25, 0.3) is 5.56 Å². The molecule has 0 saturated heterocycles. The minimum atomic E-state index is -0.402. The third-order valence-corrected chi connectivity index (χ3v) is 5.76. The fraction of sp³-hybridized carbons (Fsp3) is 0.261. The minimum Gasteiger partial charge on any atom is -0.399 e. The highest BCUT2D eigenvalue weighted by atomic mass is 35.5. The molecule has 166 valence electrons. The Morgan fingerprint density at radius 2 is 1.88 bits per heavy atom. The number of hydrogen-bond acceptors (Lipinski definition) is 6. The number of carbonyl (C=O) groups excluding carboxylic acids is 1. The average Bonchev–Trinajstić information content (AvgIpc) is 2.73. The summed E-state index contributed by atoms with van der Waals surface area (Å²) in [6.45, 7) is 0.104. The first kappa shape index (κ1) is 21.7. The Labute approximate surface area is 190 Å². The van der Waals surface area contributed by atoms with Crippen LogP contribution in [0.2, 0.25) is 5.15 Å². The first-order chi connectivity index (χ1) is 15.4. The highest BCUT2D eigenvalue weighted by molar-refractivity contribution is 6.32. The van der Waals surface area contributed by atoms with E-state index in [4.69, 9.17) is 23.1 Å². The van der Waals surface area contributed by atoms with Crippen molar-refractivity contribution in [1.29, 1.82) is 0 Å². The summed E-state index contributed by atoms with van der Waals surface area (Å²) in [4.78, 5) is 30.3. The predicted molar refractivity (Wildman–Crippen MR) is 127 cm³/mol. The number of halogens is 1. The fourth-order valence-electron chi connectivity index (χ4n) is 3.53. The summed E-state index contributed by atoms with van der Waals surface area (Å²) in [5, 5.41) is 6.12. The Balaban J connectivity index is 1.64. The van der Waals surface area contributed by atoms with Crippen molar-refractivity contribution in [3.8, 4) is 11.3 Å². The van der Waals surface area contributed by atoms with Crippen molar-refractivity contribution < 1.29 is 4.79 Å². The molecule has 1 fully saturated rings. The number of hydrogen-bond donors (Lipinski definition) is 4. The lowest BCUT2D eigenvalue weighted by atomic mass is 9.93. The topological polar surface area (TPSA) is 128 Å². The number of amides is 1. The maximum absolute atomic E-state index is 13.3. The maximum atomic E-state index is 13.3. The van der Waals surface area contributed by atoms with Gasteiger partial charge in [-0.15, -0.1) is 0 Å². The summed E-state index contributed by atoms with van der Waals surface area (Å²) in [5.41, 5.74) is 14.3. The van der Waals surface area contributed by atoms with E-state index in [1.165, 1.54) is 4.57 Å². The number of anilines is 3. The van der Waals surface area contributed by atoms with E-state index in [9.17, 15) is 9.59 Å². The van der Waals surface area contributed by atoms with Crippen LogP contribution in [-0.4, -0.2) is 21.5 Å². The summed E-state index contributed by atoms with van der Waals surface area (Å²) in [6.07, 6.45) is 3.05. The molecule has 2 aromatic carbocycles. The van der Waals surface area contributed by atoms with Gasteiger partial charge in [0, 0.05) is 29.5 Å². The molecule has 1 heterocycles. The van der Waals surface area contributed by atoms with Crippen LogP contribution in [0.25, 0.3) is 11.3 Å². The van der Waals surface area contributed by atoms with Crippen molar-refractivity contribution in [1.82, 2.24) is 14.9 Å². The third-order valence-electron chi connectivity index (χ3n) is 5.50. The molecule has 0 spiro atoms. The van der Waals surface area contributed by atoms with Crippen LogP contribution in [0.4, 0.5) is 17.2 Å². The van der Waals surface area contributed by atoms with Gasteiger partial charge < -0.3 is 22.1 Å². The van der Waals surface area contributed by atoms with Gasteiger partial charge in [0.1, 0.15) is 6.54 Å². The lowest BCUT2D eigenvalue weighted by molar-refractivity contribution is -0.121. The molecule has 1 aromatic heterocycles. The number of nitrogens with zero attached hydrogens (tertiary/aromatic N) is 2. The Kier molecular flexibility index (Phi) is 6.32. The Morgan fingerprint density at radius 1 is 1.12 bits per heavy atom. The molecular formula is C23H25ClN6O2. The highest BCUT2D eigenvalue weighted by Gasteiger charge is 2.23. The number of benzene rings is 2. The lowest BCUT2D eigenvalue weighted by Crippen LogP contribution is -2.37. The Hall–Kier alpha value is -3.52. The van der Waals surface area contributed by atoms with Crippen LogP contribution in [0, 0.1) is 0 Å². The maximum Gasteiger partial charge on any atom is 0.294 e. The Bertz CT molecular complexity index is 1190. The van der Waals surface area contributed by atoms with Crippen molar-refractivity contribution in [2.45, 2.75) is 38.4 Å². The number of nitrogen functional groups attached to an aromatic ring is 2. The van der Waals surface area contributed by atoms with Crippen molar-refractivity contribution >= 4 is 34.7 Å². The quantitative estimate of drug-likeness (QED) is 0.408. The van der Waals surface area contributed by atoms with Gasteiger partial charge in [0.05, 0.1) is 5.69 Å². The van der Waals surface area contributed by atoms with E-state index in [2.05, 4.69) is 15.6 Å². The molecule has 0 unspecified atom stereocenters. The number of nitrogens with one attached hydrogen (secondary N) is 2. The third kappa shape index (κ3) is 4.86. The van der Waals surface area contributed by atoms with E-state index >= 15 is 0 Å². The number of carbonyl (C=O) groups is 1. The molecule has 9 heteroatoms. The van der Waals surface area contributed by atoms with Gasteiger partial charge in [-0.05, 0) is 49.1 Å². The van der Waals surface area contributed by atoms with Crippen molar-refractivity contribution in [3.05, 3.63) is 69.6 Å². The van der Waals surface area contributed by atoms with Gasteiger partial charge in [-0.3, -0.25) is 14.2 Å². The number of nitrogens with two attached hydrogens (primary N) is 2. The van der Waals surface area contributed by atoms with Crippen LogP contribution in [-0.2, 0) is 17.9 Å². The molecule has 1 aliphatic carbocycles. The SMILES string of the molecule is Nc1ccc(CNC(=O)Cn2c(-c3cccc(N)c3)c(Cl)nc(NC3CCC3)c2=O)cc1. The molecule has 4 rings (SSSR count). The molecule has 8 nitrogen and oxygen atoms in total. The minimum absolute atomic E-state index is 0.128. The van der Waals surface area contributed by atoms with Crippen molar-refractivity contribution in [2.24, 2.45) is 0 Å². The van der Waals surface area contributed by atoms with E-state index in [1.807, 2.05) is 12.1 Å². The summed E-state index contributed by atoms with van der Waals surface area (Å²) in [6, 6.07) is 14.4. The number of rotatable bonds is 7. The second-order valence-corrected chi connectivity index (χ2v) is 8.27. The van der Waals surface area contributed by atoms with Gasteiger partial charge in [-0.25, -0.2) is 4.98 Å². The first-order valence-corrected chi connectivity index (χ1v) is 10.8. The van der Waals surface area contributed by atoms with E-state index in [0.717, 1.165) is 24.8 Å². The number of aromatic nitrogens is 2. The molecule has 32 heavy (non-hydrogen) atoms. The van der Waals surface area contributed by atoms with Crippen LogP contribution in [0.15, 0.2) is 53.3 Å². The van der Waals surface area contributed by atoms with Gasteiger partial charge in [-0.1, -0.05) is 35.9 Å². The van der Waals surface area contributed by atoms with Gasteiger partial charge >= 0.3 is 0 Å². The Morgan fingerprint density at radius 3 is 2.53 bits per heavy atom. The molecule has 1 saturated carbocycles. The molecule has 0 radical (unpaired) electrons. The molecular weight excluding hydrogens is 428 g/mol. The summed E-state index contributed by atoms with van der Waals surface area (Å²) < 4.78 is 1.35. The molecule has 1 aliphatic rings. The fourth-order valence-corrected chi connectivity index (χ4v) is 3.82. The standard InChI is InChI=1S/C23H25ClN6O2/c24-21-20(15-3-1-4-17(26)11-15)30(23(32)22(29-21)28-18-5-2-6-18)13-19(31)27-12-14-7-9-16(25)10-8-14/h1,3-4,7-11,18H,2,5-6,12-13,25-26H2,(H,27,31)(H,28,29). The lowest BCUT2D eigenvalue weighted by Gasteiger charge is -2.27. The van der Waals surface area contributed by atoms with Crippen LogP contribution < -0.4 is 27.7 Å². The van der Waals surface area contributed by atoms with E-state index < -0.39 is 5.56 Å². The average molecular weight is 453 g/mol. The van der Waals surface area contributed by atoms with Crippen molar-refractivity contribution in [3.63, 3.8) is 0 Å². The zero-order valence-electron chi connectivity index (χ0n) is 17.5. The zero-order valence-corrected chi connectivity index (χ0v) is 18.2. The van der Waals surface area contributed by atoms with Crippen LogP contribution in [0.3, 0.4) is 0 Å². The largest absolute Gasteiger partial charge is 0.399 e. The van der Waals surface area contributed by atoms with Crippen LogP contribution in [0.5, 0.6) is 0 Å².